The largest absolute Gasteiger partial charge is 0.363 e. The number of likely N-dealkylation sites (N-methyl/N-ethyl adjacent to an activating group) is 1. The quantitative estimate of drug-likeness (QED) is 0.873. The van der Waals surface area contributed by atoms with Crippen molar-refractivity contribution in [3.63, 3.8) is 0 Å². The van der Waals surface area contributed by atoms with E-state index >= 15 is 0 Å². The predicted molar refractivity (Wildman–Crippen MR) is 75.3 cm³/mol. The highest BCUT2D eigenvalue weighted by Gasteiger charge is 2.15. The fraction of sp³-hybridized carbons (Fsp3) is 0.727. The Morgan fingerprint density at radius 1 is 1.22 bits per heavy atom. The highest BCUT2D eigenvalue weighted by Crippen LogP contribution is 2.19. The van der Waals surface area contributed by atoms with Crippen molar-refractivity contribution >= 4 is 29.0 Å². The van der Waals surface area contributed by atoms with Crippen molar-refractivity contribution < 1.29 is 0 Å². The van der Waals surface area contributed by atoms with Crippen LogP contribution in [0.5, 0.6) is 0 Å². The summed E-state index contributed by atoms with van der Waals surface area (Å²) in [5, 5.41) is 10.9. The van der Waals surface area contributed by atoms with E-state index in [1.165, 1.54) is 0 Å². The molecule has 1 N–H and O–H groups in total. The molecule has 1 heterocycles. The minimum Gasteiger partial charge on any atom is -0.363 e. The second-order valence-electron chi connectivity index (χ2n) is 4.95. The molecule has 18 heavy (non-hydrogen) atoms. The van der Waals surface area contributed by atoms with Gasteiger partial charge in [0.15, 0.2) is 11.0 Å². The van der Waals surface area contributed by atoms with Crippen LogP contribution in [0.15, 0.2) is 0 Å². The summed E-state index contributed by atoms with van der Waals surface area (Å²) in [7, 11) is 4.06. The smallest absolute Gasteiger partial charge is 0.245 e. The topological polar surface area (TPSA) is 53.9 Å². The first-order chi connectivity index (χ1) is 8.38. The van der Waals surface area contributed by atoms with E-state index in [2.05, 4.69) is 39.2 Å². The van der Waals surface area contributed by atoms with Crippen molar-refractivity contribution in [2.24, 2.45) is 5.92 Å². The minimum atomic E-state index is 0.0926. The Morgan fingerprint density at radius 3 is 2.44 bits per heavy atom. The Hall–Kier alpha value is -0.650. The summed E-state index contributed by atoms with van der Waals surface area (Å²) in [6.07, 6.45) is 1.01. The van der Waals surface area contributed by atoms with Crippen LogP contribution in [0.2, 0.25) is 10.4 Å². The zero-order valence-corrected chi connectivity index (χ0v) is 12.6. The number of nitrogens with one attached hydrogen (secondary N) is 1. The van der Waals surface area contributed by atoms with Gasteiger partial charge in [0.1, 0.15) is 0 Å². The van der Waals surface area contributed by atoms with Crippen molar-refractivity contribution in [3.05, 3.63) is 10.4 Å². The van der Waals surface area contributed by atoms with Crippen molar-refractivity contribution in [2.75, 3.05) is 26.0 Å². The summed E-state index contributed by atoms with van der Waals surface area (Å²) in [5.74, 6) is 1.07. The lowest BCUT2D eigenvalue weighted by Crippen LogP contribution is -2.34. The van der Waals surface area contributed by atoms with Gasteiger partial charge in [-0.15, -0.1) is 10.2 Å². The average Bonchev–Trinajstić information content (AvgIpc) is 2.21. The molecule has 1 rings (SSSR count). The van der Waals surface area contributed by atoms with Crippen LogP contribution in [-0.4, -0.2) is 46.8 Å². The normalized spacial score (nSPS) is 13.1. The lowest BCUT2D eigenvalue weighted by molar-refractivity contribution is 0.356. The monoisotopic (exact) mass is 291 g/mol. The highest BCUT2D eigenvalue weighted by molar-refractivity contribution is 6.32. The minimum absolute atomic E-state index is 0.0926. The van der Waals surface area contributed by atoms with E-state index in [9.17, 15) is 0 Å². The number of rotatable bonds is 6. The molecule has 0 fully saturated rings. The van der Waals surface area contributed by atoms with Crippen molar-refractivity contribution in [1.82, 2.24) is 20.1 Å². The third-order valence-electron chi connectivity index (χ3n) is 2.30. The van der Waals surface area contributed by atoms with E-state index in [0.717, 1.165) is 13.0 Å². The molecule has 0 saturated heterocycles. The van der Waals surface area contributed by atoms with E-state index in [-0.39, 0.29) is 16.5 Å². The van der Waals surface area contributed by atoms with E-state index < -0.39 is 0 Å². The van der Waals surface area contributed by atoms with E-state index in [1.54, 1.807) is 0 Å². The van der Waals surface area contributed by atoms with Gasteiger partial charge in [-0.1, -0.05) is 25.4 Å². The molecule has 1 aromatic rings. The number of hydrogen-bond acceptors (Lipinski definition) is 5. The second kappa shape index (κ2) is 7.07. The molecule has 0 radical (unpaired) electrons. The summed E-state index contributed by atoms with van der Waals surface area (Å²) < 4.78 is 0. The fourth-order valence-corrected chi connectivity index (χ4v) is 2.02. The zero-order chi connectivity index (χ0) is 13.7. The maximum Gasteiger partial charge on any atom is 0.245 e. The third kappa shape index (κ3) is 5.33. The molecule has 0 aliphatic heterocycles. The number of aromatic nitrogens is 3. The van der Waals surface area contributed by atoms with Gasteiger partial charge in [-0.25, -0.2) is 0 Å². The average molecular weight is 292 g/mol. The Kier molecular flexibility index (Phi) is 6.05. The fourth-order valence-electron chi connectivity index (χ4n) is 1.77. The molecule has 0 bridgehead atoms. The molecule has 0 saturated carbocycles. The third-order valence-corrected chi connectivity index (χ3v) is 2.72. The van der Waals surface area contributed by atoms with Gasteiger partial charge in [-0.2, -0.15) is 4.98 Å². The number of nitrogens with zero attached hydrogens (tertiary/aromatic N) is 4. The molecule has 5 nitrogen and oxygen atoms in total. The maximum atomic E-state index is 5.94. The lowest BCUT2D eigenvalue weighted by Gasteiger charge is -2.24. The molecule has 0 amide bonds. The van der Waals surface area contributed by atoms with Crippen LogP contribution in [0.1, 0.15) is 20.3 Å². The number of halogens is 2. The Balaban J connectivity index is 2.77. The van der Waals surface area contributed by atoms with Gasteiger partial charge in [0.05, 0.1) is 0 Å². The van der Waals surface area contributed by atoms with Crippen LogP contribution in [0.25, 0.3) is 0 Å². The van der Waals surface area contributed by atoms with Crippen LogP contribution in [0, 0.1) is 5.92 Å². The van der Waals surface area contributed by atoms with Gasteiger partial charge < -0.3 is 10.2 Å². The van der Waals surface area contributed by atoms with Crippen LogP contribution >= 0.6 is 23.2 Å². The Labute approximate surface area is 118 Å². The van der Waals surface area contributed by atoms with Gasteiger partial charge in [0, 0.05) is 12.6 Å². The van der Waals surface area contributed by atoms with Crippen molar-refractivity contribution in [3.8, 4) is 0 Å². The van der Waals surface area contributed by atoms with Crippen molar-refractivity contribution in [2.45, 2.75) is 26.3 Å². The summed E-state index contributed by atoms with van der Waals surface area (Å²) >= 11 is 11.7. The number of hydrogen-bond donors (Lipinski definition) is 1. The molecular formula is C11H19Cl2N5. The molecule has 1 aromatic heterocycles. The van der Waals surface area contributed by atoms with E-state index in [0.29, 0.717) is 11.7 Å². The maximum absolute atomic E-state index is 5.94. The molecule has 0 spiro atoms. The number of anilines is 1. The van der Waals surface area contributed by atoms with Crippen LogP contribution < -0.4 is 5.32 Å². The van der Waals surface area contributed by atoms with Crippen LogP contribution in [0.3, 0.4) is 0 Å². The van der Waals surface area contributed by atoms with Gasteiger partial charge in [-0.3, -0.25) is 0 Å². The van der Waals surface area contributed by atoms with Gasteiger partial charge in [0.25, 0.3) is 0 Å². The summed E-state index contributed by atoms with van der Waals surface area (Å²) in [4.78, 5) is 6.17. The summed E-state index contributed by atoms with van der Waals surface area (Å²) in [5.41, 5.74) is 0. The van der Waals surface area contributed by atoms with Crippen LogP contribution in [0.4, 0.5) is 5.82 Å². The molecule has 1 unspecified atom stereocenters. The first-order valence-corrected chi connectivity index (χ1v) is 6.61. The highest BCUT2D eigenvalue weighted by atomic mass is 35.5. The molecule has 7 heteroatoms. The second-order valence-corrected chi connectivity index (χ2v) is 5.65. The molecule has 1 atom stereocenters. The first kappa shape index (κ1) is 15.4. The Morgan fingerprint density at radius 2 is 1.89 bits per heavy atom. The summed E-state index contributed by atoms with van der Waals surface area (Å²) in [6.45, 7) is 5.24. The summed E-state index contributed by atoms with van der Waals surface area (Å²) in [6, 6.07) is 0.241. The van der Waals surface area contributed by atoms with Gasteiger partial charge >= 0.3 is 0 Å². The predicted octanol–water partition coefficient (Wildman–Crippen LogP) is 2.57. The van der Waals surface area contributed by atoms with E-state index in [4.69, 9.17) is 23.2 Å². The first-order valence-electron chi connectivity index (χ1n) is 5.85. The molecule has 0 aliphatic rings. The van der Waals surface area contributed by atoms with Crippen LogP contribution in [-0.2, 0) is 0 Å². The molecular weight excluding hydrogens is 273 g/mol. The molecule has 102 valence electrons. The lowest BCUT2D eigenvalue weighted by atomic mass is 10.0. The SMILES string of the molecule is CC(C)CC(CN(C)C)Nc1nc(Cl)nnc1Cl. The molecule has 0 aliphatic carbocycles. The Bertz CT molecular complexity index is 374. The standard InChI is InChI=1S/C11H19Cl2N5/c1-7(2)5-8(6-18(3)4)14-10-9(12)16-17-11(13)15-10/h7-8H,5-6H2,1-4H3,(H,14,15,17). The van der Waals surface area contributed by atoms with Gasteiger partial charge in [-0.05, 0) is 38.0 Å². The zero-order valence-electron chi connectivity index (χ0n) is 11.1. The van der Waals surface area contributed by atoms with Crippen molar-refractivity contribution in [1.29, 1.82) is 0 Å². The van der Waals surface area contributed by atoms with E-state index in [1.807, 2.05) is 14.1 Å². The van der Waals surface area contributed by atoms with Gasteiger partial charge in [0.2, 0.25) is 5.28 Å². The molecule has 0 aromatic carbocycles.